The monoisotopic (exact) mass is 812 g/mol. The maximum absolute atomic E-state index is 4.74. The summed E-state index contributed by atoms with van der Waals surface area (Å²) in [6, 6.07) is 25.4. The number of aliphatic imine (C=N–C) groups is 10. The molecule has 6 rings (SSSR count). The van der Waals surface area contributed by atoms with Crippen molar-refractivity contribution in [1.29, 1.82) is 0 Å². The van der Waals surface area contributed by atoms with Crippen LogP contribution >= 0.6 is 0 Å². The molecule has 4 aromatic carbocycles. The Kier molecular flexibility index (Phi) is 18.2. The third kappa shape index (κ3) is 16.2. The van der Waals surface area contributed by atoms with Crippen molar-refractivity contribution in [1.82, 2.24) is 10.6 Å². The first-order valence-corrected chi connectivity index (χ1v) is 21.0. The van der Waals surface area contributed by atoms with E-state index in [1.54, 1.807) is 7.05 Å². The van der Waals surface area contributed by atoms with Gasteiger partial charge in [-0.15, -0.1) is 0 Å². The summed E-state index contributed by atoms with van der Waals surface area (Å²) in [7, 11) is 1.79. The van der Waals surface area contributed by atoms with Gasteiger partial charge in [-0.3, -0.25) is 49.9 Å². The fourth-order valence-corrected chi connectivity index (χ4v) is 6.65. The highest BCUT2D eigenvalue weighted by Crippen LogP contribution is 2.12. The summed E-state index contributed by atoms with van der Waals surface area (Å²) in [5, 5.41) is 7.19. The van der Waals surface area contributed by atoms with Crippen LogP contribution in [0.15, 0.2) is 123 Å². The summed E-state index contributed by atoms with van der Waals surface area (Å²) in [5.41, 5.74) is 12.3. The maximum Gasteiger partial charge on any atom is 0.0585 e. The second-order valence-corrected chi connectivity index (χ2v) is 14.5. The van der Waals surface area contributed by atoms with E-state index in [0.29, 0.717) is 65.4 Å². The van der Waals surface area contributed by atoms with Crippen molar-refractivity contribution >= 4 is 62.1 Å². The van der Waals surface area contributed by atoms with E-state index in [9.17, 15) is 0 Å². The Morgan fingerprint density at radius 2 is 0.705 bits per heavy atom. The van der Waals surface area contributed by atoms with E-state index in [2.05, 4.69) is 98.4 Å². The zero-order valence-electron chi connectivity index (χ0n) is 35.4. The van der Waals surface area contributed by atoms with E-state index in [1.807, 2.05) is 69.1 Å². The first-order chi connectivity index (χ1) is 30.1. The quantitative estimate of drug-likeness (QED) is 0.251. The zero-order chi connectivity index (χ0) is 42.2. The molecule has 0 amide bonds. The van der Waals surface area contributed by atoms with E-state index in [-0.39, 0.29) is 0 Å². The van der Waals surface area contributed by atoms with E-state index in [4.69, 9.17) is 34.9 Å². The molecule has 0 saturated carbocycles. The Bertz CT molecular complexity index is 2340. The largest absolute Gasteiger partial charge is 0.311 e. The van der Waals surface area contributed by atoms with Crippen molar-refractivity contribution < 1.29 is 0 Å². The molecule has 10 bridgehead atoms. The smallest absolute Gasteiger partial charge is 0.0585 e. The van der Waals surface area contributed by atoms with Gasteiger partial charge in [0.15, 0.2) is 0 Å². The van der Waals surface area contributed by atoms with E-state index < -0.39 is 0 Å². The fraction of sp³-hybridized carbons (Fsp3) is 0.306. The second kappa shape index (κ2) is 25.2. The lowest BCUT2D eigenvalue weighted by molar-refractivity contribution is 0.611. The van der Waals surface area contributed by atoms with Gasteiger partial charge in [0.05, 0.1) is 52.4 Å². The Hall–Kier alpha value is -6.50. The van der Waals surface area contributed by atoms with Gasteiger partial charge in [0, 0.05) is 102 Å². The van der Waals surface area contributed by atoms with Gasteiger partial charge in [-0.1, -0.05) is 0 Å². The lowest BCUT2D eigenvalue weighted by atomic mass is 10.1. The molecule has 0 aromatic heterocycles. The molecule has 0 radical (unpaired) electrons. The highest BCUT2D eigenvalue weighted by molar-refractivity contribution is 5.93. The van der Waals surface area contributed by atoms with Crippen LogP contribution in [0.4, 0.5) is 0 Å². The molecule has 0 saturated heterocycles. The molecular formula is C49H56N12. The van der Waals surface area contributed by atoms with Gasteiger partial charge in [-0.05, 0) is 146 Å². The van der Waals surface area contributed by atoms with Crippen molar-refractivity contribution in [2.24, 2.45) is 49.9 Å². The summed E-state index contributed by atoms with van der Waals surface area (Å²) >= 11 is 0. The molecule has 0 fully saturated rings. The molecule has 0 spiro atoms. The van der Waals surface area contributed by atoms with Crippen LogP contribution in [0.1, 0.15) is 73.7 Å². The molecule has 2 N–H and O–H groups in total. The van der Waals surface area contributed by atoms with Crippen LogP contribution in [-0.2, 0) is 13.1 Å². The molecular weight excluding hydrogens is 757 g/mol. The van der Waals surface area contributed by atoms with Crippen LogP contribution < -0.4 is 10.6 Å². The van der Waals surface area contributed by atoms with Crippen LogP contribution in [0.25, 0.3) is 0 Å². The number of hydrogen-bond acceptors (Lipinski definition) is 12. The Morgan fingerprint density at radius 3 is 1.05 bits per heavy atom. The van der Waals surface area contributed by atoms with Crippen molar-refractivity contribution in [3.05, 3.63) is 140 Å². The summed E-state index contributed by atoms with van der Waals surface area (Å²) in [4.78, 5) is 46.4. The van der Waals surface area contributed by atoms with Gasteiger partial charge in [-0.25, -0.2) is 0 Å². The molecule has 0 atom stereocenters. The number of rotatable bonds is 3. The molecule has 0 unspecified atom stereocenters. The lowest BCUT2D eigenvalue weighted by Crippen LogP contribution is -2.26. The lowest BCUT2D eigenvalue weighted by Gasteiger charge is -2.10. The number of nitrogens with one attached hydrogen (secondary N) is 2. The Labute approximate surface area is 360 Å². The van der Waals surface area contributed by atoms with Gasteiger partial charge in [0.1, 0.15) is 0 Å². The molecule has 2 aliphatic heterocycles. The average molecular weight is 813 g/mol. The summed E-state index contributed by atoms with van der Waals surface area (Å²) in [5.74, 6) is 0. The Morgan fingerprint density at radius 1 is 0.410 bits per heavy atom. The van der Waals surface area contributed by atoms with E-state index in [1.165, 1.54) is 5.56 Å². The van der Waals surface area contributed by atoms with Gasteiger partial charge in [0.2, 0.25) is 0 Å². The predicted molar refractivity (Wildman–Crippen MR) is 261 cm³/mol. The number of nitrogens with zero attached hydrogens (tertiary/aromatic N) is 10. The zero-order valence-corrected chi connectivity index (χ0v) is 35.4. The number of benzene rings is 4. The molecule has 2 heterocycles. The average Bonchev–Trinajstić information content (AvgIpc) is 3.25. The minimum Gasteiger partial charge on any atom is -0.311 e. The standard InChI is InChI=1S/C49H56N12/c1-3-51-27-39-16-42-19-43(17-39)31-55-9-11-59-35-47-21-45-23-49(25-47)37-61-13-12-60-36-48-22-44(20-46(24-48)34-58-10-8-54-30-42)32-56-6-4-52-28-40-14-38(26-50-2)15-41(18-40)29-53-5-7-57-33-45/h14-28,30-32,34-37,53,57H,3-13,29,33H2,1-2H3/b50-26+,51-27+,52-28+,54-30+,55-31+,56-32+,58-34+,59-35+,60-36+,61-37+. The van der Waals surface area contributed by atoms with Crippen molar-refractivity contribution in [2.45, 2.75) is 20.0 Å². The van der Waals surface area contributed by atoms with Crippen molar-refractivity contribution in [3.8, 4) is 0 Å². The molecule has 12 nitrogen and oxygen atoms in total. The summed E-state index contributed by atoms with van der Waals surface area (Å²) in [6.07, 6.45) is 19.0. The first-order valence-electron chi connectivity index (χ1n) is 21.0. The molecule has 0 aliphatic carbocycles. The van der Waals surface area contributed by atoms with Gasteiger partial charge in [-0.2, -0.15) is 0 Å². The highest BCUT2D eigenvalue weighted by atomic mass is 14.9. The molecule has 2 aliphatic rings. The highest BCUT2D eigenvalue weighted by Gasteiger charge is 2.04. The second-order valence-electron chi connectivity index (χ2n) is 14.5. The van der Waals surface area contributed by atoms with E-state index >= 15 is 0 Å². The van der Waals surface area contributed by atoms with Gasteiger partial charge < -0.3 is 10.6 Å². The van der Waals surface area contributed by atoms with Crippen LogP contribution in [0.5, 0.6) is 0 Å². The normalized spacial score (nSPS) is 20.4. The minimum atomic E-state index is 0.548. The molecule has 312 valence electrons. The van der Waals surface area contributed by atoms with Crippen LogP contribution in [0.2, 0.25) is 0 Å². The van der Waals surface area contributed by atoms with Crippen molar-refractivity contribution in [2.75, 3.05) is 79.0 Å². The molecule has 12 heteroatoms. The maximum atomic E-state index is 4.74. The predicted octanol–water partition coefficient (Wildman–Crippen LogP) is 5.83. The topological polar surface area (TPSA) is 148 Å². The fourth-order valence-electron chi connectivity index (χ4n) is 6.65. The minimum absolute atomic E-state index is 0.548. The SMILES string of the molecule is CC/N=C/c1cc2cc(c1)/C=N/CC/N=C/c1cc3cc(c1)CNCCNCc1cc(/C=N/C)cc(c1)/C=N/CC/N=C/c1cc(cc(c1)/C=N/CC/N=C/3)/C=N/CC/N=C/2. The van der Waals surface area contributed by atoms with Gasteiger partial charge >= 0.3 is 0 Å². The number of fused-ring (bicyclic) bond motifs is 11. The molecule has 4 aromatic rings. The number of hydrogen-bond donors (Lipinski definition) is 2. The Balaban J connectivity index is 1.31. The third-order valence-electron chi connectivity index (χ3n) is 9.27. The third-order valence-corrected chi connectivity index (χ3v) is 9.27. The first kappa shape index (κ1) is 44.1. The van der Waals surface area contributed by atoms with Crippen LogP contribution in [-0.4, -0.2) is 141 Å². The van der Waals surface area contributed by atoms with Crippen molar-refractivity contribution in [3.63, 3.8) is 0 Å². The van der Waals surface area contributed by atoms with Crippen LogP contribution in [0, 0.1) is 0 Å². The molecule has 61 heavy (non-hydrogen) atoms. The van der Waals surface area contributed by atoms with E-state index in [0.717, 1.165) is 80.8 Å². The summed E-state index contributed by atoms with van der Waals surface area (Å²) in [6.45, 7) is 10.3. The van der Waals surface area contributed by atoms with Gasteiger partial charge in [0.25, 0.3) is 0 Å². The van der Waals surface area contributed by atoms with Crippen LogP contribution in [0.3, 0.4) is 0 Å². The summed E-state index contributed by atoms with van der Waals surface area (Å²) < 4.78 is 0.